The first-order valence-corrected chi connectivity index (χ1v) is 9.79. The predicted molar refractivity (Wildman–Crippen MR) is 92.1 cm³/mol. The van der Waals surface area contributed by atoms with Gasteiger partial charge in [0.15, 0.2) is 0 Å². The summed E-state index contributed by atoms with van der Waals surface area (Å²) in [6, 6.07) is 7.39. The molecular formula is C15H20N4O2S2. The third kappa shape index (κ3) is 3.89. The summed E-state index contributed by atoms with van der Waals surface area (Å²) < 4.78 is 26.7. The zero-order chi connectivity index (χ0) is 16.3. The molecule has 2 aromatic rings. The van der Waals surface area contributed by atoms with E-state index in [1.165, 1.54) is 15.4 Å². The Labute approximate surface area is 140 Å². The molecule has 1 saturated heterocycles. The SMILES string of the molecule is CN1CCN(S(=O)(=O)c2ccc(NCc3cccs3)nc2)CC1. The van der Waals surface area contributed by atoms with Crippen LogP contribution in [0.25, 0.3) is 0 Å². The Bertz CT molecular complexity index is 721. The molecule has 8 heteroatoms. The van der Waals surface area contributed by atoms with E-state index in [1.807, 2.05) is 24.6 Å². The molecule has 0 atom stereocenters. The third-order valence-corrected chi connectivity index (χ3v) is 6.62. The number of nitrogens with one attached hydrogen (secondary N) is 1. The standard InChI is InChI=1S/C15H20N4O2S2/c1-18-6-8-19(9-7-18)23(20,21)14-4-5-15(17-12-14)16-11-13-3-2-10-22-13/h2-5,10,12H,6-9,11H2,1H3,(H,16,17). The Balaban J connectivity index is 1.66. The first-order valence-electron chi connectivity index (χ1n) is 7.47. The fourth-order valence-corrected chi connectivity index (χ4v) is 4.42. The van der Waals surface area contributed by atoms with Crippen LogP contribution in [0.4, 0.5) is 5.82 Å². The molecule has 1 fully saturated rings. The molecule has 0 bridgehead atoms. The summed E-state index contributed by atoms with van der Waals surface area (Å²) in [4.78, 5) is 7.82. The van der Waals surface area contributed by atoms with Crippen LogP contribution in [-0.2, 0) is 16.6 Å². The molecule has 124 valence electrons. The van der Waals surface area contributed by atoms with Crippen molar-refractivity contribution in [1.29, 1.82) is 0 Å². The normalized spacial score (nSPS) is 17.3. The van der Waals surface area contributed by atoms with Crippen molar-refractivity contribution in [1.82, 2.24) is 14.2 Å². The number of piperazine rings is 1. The van der Waals surface area contributed by atoms with Crippen molar-refractivity contribution in [3.8, 4) is 0 Å². The summed E-state index contributed by atoms with van der Waals surface area (Å²) in [5, 5.41) is 5.22. The van der Waals surface area contributed by atoms with Crippen LogP contribution >= 0.6 is 11.3 Å². The van der Waals surface area contributed by atoms with E-state index in [2.05, 4.69) is 15.2 Å². The topological polar surface area (TPSA) is 65.5 Å². The van der Waals surface area contributed by atoms with Crippen LogP contribution < -0.4 is 5.32 Å². The van der Waals surface area contributed by atoms with Crippen molar-refractivity contribution < 1.29 is 8.42 Å². The number of pyridine rings is 1. The lowest BCUT2D eigenvalue weighted by Crippen LogP contribution is -2.47. The number of nitrogens with zero attached hydrogens (tertiary/aromatic N) is 3. The Morgan fingerprint density at radius 1 is 1.22 bits per heavy atom. The second-order valence-electron chi connectivity index (χ2n) is 5.52. The lowest BCUT2D eigenvalue weighted by Gasteiger charge is -2.31. The van der Waals surface area contributed by atoms with Gasteiger partial charge < -0.3 is 10.2 Å². The van der Waals surface area contributed by atoms with Crippen molar-refractivity contribution >= 4 is 27.2 Å². The number of sulfonamides is 1. The number of aromatic nitrogens is 1. The largest absolute Gasteiger partial charge is 0.365 e. The van der Waals surface area contributed by atoms with Crippen molar-refractivity contribution in [3.63, 3.8) is 0 Å². The van der Waals surface area contributed by atoms with E-state index < -0.39 is 10.0 Å². The number of rotatable bonds is 5. The van der Waals surface area contributed by atoms with Gasteiger partial charge in [0.1, 0.15) is 10.7 Å². The van der Waals surface area contributed by atoms with Crippen LogP contribution in [0, 0.1) is 0 Å². The fourth-order valence-electron chi connectivity index (χ4n) is 2.41. The van der Waals surface area contributed by atoms with E-state index in [0.717, 1.165) is 13.1 Å². The minimum atomic E-state index is -3.44. The van der Waals surface area contributed by atoms with Crippen molar-refractivity contribution in [2.75, 3.05) is 38.5 Å². The molecule has 0 radical (unpaired) electrons. The number of hydrogen-bond acceptors (Lipinski definition) is 6. The van der Waals surface area contributed by atoms with Gasteiger partial charge in [0, 0.05) is 37.3 Å². The quantitative estimate of drug-likeness (QED) is 0.887. The Kier molecular flexibility index (Phi) is 4.96. The lowest BCUT2D eigenvalue weighted by atomic mass is 10.4. The average Bonchev–Trinajstić information content (AvgIpc) is 3.07. The highest BCUT2D eigenvalue weighted by molar-refractivity contribution is 7.89. The van der Waals surface area contributed by atoms with Gasteiger partial charge in [-0.1, -0.05) is 6.07 Å². The summed E-state index contributed by atoms with van der Waals surface area (Å²) in [5.74, 6) is 0.677. The molecule has 0 aliphatic carbocycles. The van der Waals surface area contributed by atoms with Gasteiger partial charge in [-0.3, -0.25) is 0 Å². The molecule has 3 rings (SSSR count). The van der Waals surface area contributed by atoms with Crippen LogP contribution in [0.5, 0.6) is 0 Å². The predicted octanol–water partition coefficient (Wildman–Crippen LogP) is 1.69. The van der Waals surface area contributed by atoms with Crippen LogP contribution in [0.1, 0.15) is 4.88 Å². The summed E-state index contributed by atoms with van der Waals surface area (Å²) in [6.45, 7) is 3.25. The molecule has 1 aliphatic rings. The molecule has 0 spiro atoms. The molecule has 0 aromatic carbocycles. The number of thiophene rings is 1. The maximum absolute atomic E-state index is 12.6. The van der Waals surface area contributed by atoms with Gasteiger partial charge in [-0.2, -0.15) is 4.31 Å². The van der Waals surface area contributed by atoms with Gasteiger partial charge in [-0.15, -0.1) is 11.3 Å². The maximum atomic E-state index is 12.6. The van der Waals surface area contributed by atoms with Crippen LogP contribution in [0.2, 0.25) is 0 Å². The number of likely N-dealkylation sites (N-methyl/N-ethyl adjacent to an activating group) is 1. The van der Waals surface area contributed by atoms with Gasteiger partial charge in [0.2, 0.25) is 10.0 Å². The van der Waals surface area contributed by atoms with Crippen molar-refractivity contribution in [2.45, 2.75) is 11.4 Å². The zero-order valence-corrected chi connectivity index (χ0v) is 14.6. The molecular weight excluding hydrogens is 332 g/mol. The van der Waals surface area contributed by atoms with E-state index in [-0.39, 0.29) is 4.90 Å². The van der Waals surface area contributed by atoms with E-state index in [1.54, 1.807) is 23.5 Å². The molecule has 6 nitrogen and oxygen atoms in total. The van der Waals surface area contributed by atoms with Crippen LogP contribution in [-0.4, -0.2) is 55.8 Å². The van der Waals surface area contributed by atoms with E-state index >= 15 is 0 Å². The minimum Gasteiger partial charge on any atom is -0.365 e. The second-order valence-corrected chi connectivity index (χ2v) is 8.49. The Morgan fingerprint density at radius 2 is 2.00 bits per heavy atom. The van der Waals surface area contributed by atoms with Crippen molar-refractivity contribution in [3.05, 3.63) is 40.7 Å². The Morgan fingerprint density at radius 3 is 2.61 bits per heavy atom. The van der Waals surface area contributed by atoms with Crippen molar-refractivity contribution in [2.24, 2.45) is 0 Å². The first kappa shape index (κ1) is 16.4. The molecule has 2 aromatic heterocycles. The smallest absolute Gasteiger partial charge is 0.244 e. The van der Waals surface area contributed by atoms with Gasteiger partial charge >= 0.3 is 0 Å². The second kappa shape index (κ2) is 6.96. The zero-order valence-electron chi connectivity index (χ0n) is 13.0. The lowest BCUT2D eigenvalue weighted by molar-refractivity contribution is 0.222. The summed E-state index contributed by atoms with van der Waals surface area (Å²) in [5.41, 5.74) is 0. The number of anilines is 1. The van der Waals surface area contributed by atoms with Crippen LogP contribution in [0.3, 0.4) is 0 Å². The third-order valence-electron chi connectivity index (χ3n) is 3.86. The molecule has 23 heavy (non-hydrogen) atoms. The van der Waals surface area contributed by atoms with Crippen LogP contribution in [0.15, 0.2) is 40.7 Å². The summed E-state index contributed by atoms with van der Waals surface area (Å²) in [6.07, 6.45) is 1.43. The summed E-state index contributed by atoms with van der Waals surface area (Å²) >= 11 is 1.67. The van der Waals surface area contributed by atoms with Gasteiger partial charge in [-0.05, 0) is 30.6 Å². The fraction of sp³-hybridized carbons (Fsp3) is 0.400. The minimum absolute atomic E-state index is 0.253. The average molecular weight is 352 g/mol. The highest BCUT2D eigenvalue weighted by Crippen LogP contribution is 2.18. The van der Waals surface area contributed by atoms with E-state index in [4.69, 9.17) is 0 Å². The molecule has 0 amide bonds. The maximum Gasteiger partial charge on any atom is 0.244 e. The molecule has 0 saturated carbocycles. The van der Waals surface area contributed by atoms with Gasteiger partial charge in [-0.25, -0.2) is 13.4 Å². The highest BCUT2D eigenvalue weighted by Gasteiger charge is 2.27. The molecule has 1 N–H and O–H groups in total. The number of hydrogen-bond donors (Lipinski definition) is 1. The summed E-state index contributed by atoms with van der Waals surface area (Å²) in [7, 11) is -1.44. The monoisotopic (exact) mass is 352 g/mol. The molecule has 0 unspecified atom stereocenters. The van der Waals surface area contributed by atoms with Gasteiger partial charge in [0.05, 0.1) is 6.54 Å². The molecule has 1 aliphatic heterocycles. The van der Waals surface area contributed by atoms with Gasteiger partial charge in [0.25, 0.3) is 0 Å². The molecule has 3 heterocycles. The van der Waals surface area contributed by atoms with E-state index in [0.29, 0.717) is 25.5 Å². The first-order chi connectivity index (χ1) is 11.1. The highest BCUT2D eigenvalue weighted by atomic mass is 32.2. The Hall–Kier alpha value is -1.48. The van der Waals surface area contributed by atoms with E-state index in [9.17, 15) is 8.42 Å².